The minimum Gasteiger partial charge on any atom is -0.370 e. The van der Waals surface area contributed by atoms with Gasteiger partial charge in [-0.15, -0.1) is 0 Å². The van der Waals surface area contributed by atoms with Crippen LogP contribution in [0.4, 0.5) is 0 Å². The lowest BCUT2D eigenvalue weighted by Crippen LogP contribution is -2.31. The number of hydrogen-bond acceptors (Lipinski definition) is 4. The molecule has 25 heavy (non-hydrogen) atoms. The number of aromatic amines is 2. The van der Waals surface area contributed by atoms with Gasteiger partial charge < -0.3 is 15.0 Å². The van der Waals surface area contributed by atoms with Crippen molar-refractivity contribution in [3.05, 3.63) is 47.2 Å². The van der Waals surface area contributed by atoms with E-state index in [2.05, 4.69) is 25.5 Å². The molecular formula is C18H21N5O2. The molecule has 3 heterocycles. The van der Waals surface area contributed by atoms with E-state index in [4.69, 9.17) is 4.74 Å². The average Bonchev–Trinajstić information content (AvgIpc) is 3.29. The summed E-state index contributed by atoms with van der Waals surface area (Å²) in [6, 6.07) is 7.84. The van der Waals surface area contributed by atoms with Crippen LogP contribution in [-0.2, 0) is 4.74 Å². The second-order valence-electron chi connectivity index (χ2n) is 6.50. The van der Waals surface area contributed by atoms with Gasteiger partial charge in [-0.05, 0) is 26.3 Å². The van der Waals surface area contributed by atoms with Crippen LogP contribution in [0.3, 0.4) is 0 Å². The molecule has 1 fully saturated rings. The number of nitrogens with one attached hydrogen (secondary N) is 3. The van der Waals surface area contributed by atoms with Crippen LogP contribution >= 0.6 is 0 Å². The van der Waals surface area contributed by atoms with Gasteiger partial charge in [0.05, 0.1) is 5.56 Å². The van der Waals surface area contributed by atoms with E-state index in [9.17, 15) is 4.79 Å². The monoisotopic (exact) mass is 339 g/mol. The molecule has 7 nitrogen and oxygen atoms in total. The first-order chi connectivity index (χ1) is 12.1. The number of aromatic nitrogens is 4. The third kappa shape index (κ3) is 2.91. The molecule has 130 valence electrons. The van der Waals surface area contributed by atoms with Gasteiger partial charge in [-0.2, -0.15) is 5.10 Å². The van der Waals surface area contributed by atoms with Crippen molar-refractivity contribution >= 4 is 16.8 Å². The number of amides is 1. The normalized spacial score (nSPS) is 20.2. The van der Waals surface area contributed by atoms with Crippen LogP contribution in [0, 0.1) is 19.8 Å². The molecular weight excluding hydrogens is 318 g/mol. The van der Waals surface area contributed by atoms with E-state index in [-0.39, 0.29) is 17.9 Å². The van der Waals surface area contributed by atoms with Gasteiger partial charge >= 0.3 is 0 Å². The molecule has 7 heteroatoms. The Morgan fingerprint density at radius 2 is 2.20 bits per heavy atom. The molecule has 3 N–H and O–H groups in total. The van der Waals surface area contributed by atoms with Crippen LogP contribution < -0.4 is 5.32 Å². The van der Waals surface area contributed by atoms with Crippen LogP contribution in [0.25, 0.3) is 10.9 Å². The number of aryl methyl sites for hydroxylation is 2. The van der Waals surface area contributed by atoms with E-state index in [1.54, 1.807) is 0 Å². The van der Waals surface area contributed by atoms with Gasteiger partial charge in [0.15, 0.2) is 5.82 Å². The molecule has 0 spiro atoms. The van der Waals surface area contributed by atoms with Crippen molar-refractivity contribution < 1.29 is 9.53 Å². The number of rotatable bonds is 4. The number of fused-ring (bicyclic) bond motifs is 1. The Kier molecular flexibility index (Phi) is 4.01. The summed E-state index contributed by atoms with van der Waals surface area (Å²) in [5.41, 5.74) is 2.56. The fourth-order valence-corrected chi connectivity index (χ4v) is 3.50. The molecule has 0 saturated carbocycles. The molecule has 0 unspecified atom stereocenters. The summed E-state index contributed by atoms with van der Waals surface area (Å²) in [6.45, 7) is 4.98. The molecule has 0 aliphatic carbocycles. The van der Waals surface area contributed by atoms with Gasteiger partial charge in [0.2, 0.25) is 0 Å². The summed E-state index contributed by atoms with van der Waals surface area (Å²) in [6.07, 6.45) is 0.708. The first kappa shape index (κ1) is 15.8. The van der Waals surface area contributed by atoms with Crippen LogP contribution in [0.1, 0.15) is 40.2 Å². The Balaban J connectivity index is 1.48. The molecule has 1 amide bonds. The SMILES string of the molecule is Cc1nc([C@H]2OCC[C@H]2CNC(=O)c2c(C)[nH]c3ccccc23)n[nH]1. The number of H-pyrrole nitrogens is 2. The average molecular weight is 339 g/mol. The van der Waals surface area contributed by atoms with Gasteiger partial charge in [0.25, 0.3) is 5.91 Å². The lowest BCUT2D eigenvalue weighted by atomic mass is 10.0. The topological polar surface area (TPSA) is 95.7 Å². The van der Waals surface area contributed by atoms with Gasteiger partial charge in [-0.3, -0.25) is 9.89 Å². The second kappa shape index (κ2) is 6.33. The van der Waals surface area contributed by atoms with Crippen molar-refractivity contribution in [2.45, 2.75) is 26.4 Å². The smallest absolute Gasteiger partial charge is 0.253 e. The van der Waals surface area contributed by atoms with Crippen molar-refractivity contribution in [3.8, 4) is 0 Å². The molecule has 2 atom stereocenters. The molecule has 0 bridgehead atoms. The number of carbonyl (C=O) groups excluding carboxylic acids is 1. The molecule has 1 aliphatic heterocycles. The number of para-hydroxylation sites is 1. The minimum absolute atomic E-state index is 0.0632. The molecule has 2 aromatic heterocycles. The van der Waals surface area contributed by atoms with Crippen molar-refractivity contribution in [2.24, 2.45) is 5.92 Å². The number of nitrogens with zero attached hydrogens (tertiary/aromatic N) is 2. The summed E-state index contributed by atoms with van der Waals surface area (Å²) >= 11 is 0. The third-order valence-electron chi connectivity index (χ3n) is 4.73. The van der Waals surface area contributed by atoms with Crippen LogP contribution in [0.15, 0.2) is 24.3 Å². The van der Waals surface area contributed by atoms with Gasteiger partial charge in [-0.1, -0.05) is 18.2 Å². The van der Waals surface area contributed by atoms with Crippen molar-refractivity contribution in [2.75, 3.05) is 13.2 Å². The van der Waals surface area contributed by atoms with Crippen LogP contribution in [0.2, 0.25) is 0 Å². The third-order valence-corrected chi connectivity index (χ3v) is 4.73. The quantitative estimate of drug-likeness (QED) is 0.680. The highest BCUT2D eigenvalue weighted by atomic mass is 16.5. The summed E-state index contributed by atoms with van der Waals surface area (Å²) in [7, 11) is 0. The summed E-state index contributed by atoms with van der Waals surface area (Å²) < 4.78 is 5.78. The van der Waals surface area contributed by atoms with Gasteiger partial charge in [-0.25, -0.2) is 4.98 Å². The van der Waals surface area contributed by atoms with E-state index in [0.717, 1.165) is 28.8 Å². The summed E-state index contributed by atoms with van der Waals surface area (Å²) in [5, 5.41) is 11.1. The lowest BCUT2D eigenvalue weighted by Gasteiger charge is -2.16. The van der Waals surface area contributed by atoms with Crippen LogP contribution in [0.5, 0.6) is 0 Å². The standard InChI is InChI=1S/C18H21N5O2/c1-10-15(13-5-3-4-6-14(13)20-10)18(24)19-9-12-7-8-25-16(12)17-21-11(2)22-23-17/h3-6,12,16,20H,7-9H2,1-2H3,(H,19,24)(H,21,22,23)/t12-,16-/m0/s1. The summed E-state index contributed by atoms with van der Waals surface area (Å²) in [4.78, 5) is 20.4. The van der Waals surface area contributed by atoms with Crippen molar-refractivity contribution in [1.82, 2.24) is 25.5 Å². The summed E-state index contributed by atoms with van der Waals surface area (Å²) in [5.74, 6) is 1.54. The molecule has 1 aromatic carbocycles. The number of benzene rings is 1. The number of hydrogen-bond donors (Lipinski definition) is 3. The Bertz CT molecular complexity index is 913. The maximum Gasteiger partial charge on any atom is 0.253 e. The zero-order valence-electron chi connectivity index (χ0n) is 14.3. The van der Waals surface area contributed by atoms with Crippen molar-refractivity contribution in [1.29, 1.82) is 0 Å². The fraction of sp³-hybridized carbons (Fsp3) is 0.389. The Morgan fingerprint density at radius 1 is 1.36 bits per heavy atom. The zero-order chi connectivity index (χ0) is 17.4. The molecule has 0 radical (unpaired) electrons. The molecule has 1 saturated heterocycles. The van der Waals surface area contributed by atoms with Crippen molar-refractivity contribution in [3.63, 3.8) is 0 Å². The first-order valence-corrected chi connectivity index (χ1v) is 8.49. The predicted molar refractivity (Wildman–Crippen MR) is 93.3 cm³/mol. The first-order valence-electron chi connectivity index (χ1n) is 8.49. The molecule has 1 aliphatic rings. The van der Waals surface area contributed by atoms with Gasteiger partial charge in [0, 0.05) is 35.7 Å². The fourth-order valence-electron chi connectivity index (χ4n) is 3.50. The lowest BCUT2D eigenvalue weighted by molar-refractivity contribution is 0.0799. The van der Waals surface area contributed by atoms with E-state index in [1.807, 2.05) is 38.1 Å². The molecule has 4 rings (SSSR count). The Labute approximate surface area is 145 Å². The number of carbonyl (C=O) groups is 1. The minimum atomic E-state index is -0.172. The maximum absolute atomic E-state index is 12.7. The van der Waals surface area contributed by atoms with Crippen LogP contribution in [-0.4, -0.2) is 39.2 Å². The maximum atomic E-state index is 12.7. The second-order valence-corrected chi connectivity index (χ2v) is 6.50. The highest BCUT2D eigenvalue weighted by Crippen LogP contribution is 2.32. The largest absolute Gasteiger partial charge is 0.370 e. The van der Waals surface area contributed by atoms with E-state index < -0.39 is 0 Å². The number of ether oxygens (including phenoxy) is 1. The Hall–Kier alpha value is -2.67. The predicted octanol–water partition coefficient (Wildman–Crippen LogP) is 2.41. The van der Waals surface area contributed by atoms with E-state index in [1.165, 1.54) is 0 Å². The molecule has 3 aromatic rings. The highest BCUT2D eigenvalue weighted by Gasteiger charge is 2.33. The van der Waals surface area contributed by atoms with Gasteiger partial charge in [0.1, 0.15) is 11.9 Å². The highest BCUT2D eigenvalue weighted by molar-refractivity contribution is 6.08. The van der Waals surface area contributed by atoms with E-state index >= 15 is 0 Å². The zero-order valence-corrected chi connectivity index (χ0v) is 14.3. The van der Waals surface area contributed by atoms with E-state index in [0.29, 0.717) is 24.5 Å². The Morgan fingerprint density at radius 3 is 3.00 bits per heavy atom.